The van der Waals surface area contributed by atoms with E-state index in [0.717, 1.165) is 79.0 Å². The Balaban J connectivity index is 0.677. The summed E-state index contributed by atoms with van der Waals surface area (Å²) in [5, 5.41) is 12.7. The number of nitrogens with one attached hydrogen (secondary N) is 3. The molecule has 0 radical (unpaired) electrons. The second-order valence-electron chi connectivity index (χ2n) is 17.1. The van der Waals surface area contributed by atoms with Crippen molar-refractivity contribution in [2.45, 2.75) is 43.8 Å². The smallest absolute Gasteiger partial charge is 0.262 e. The summed E-state index contributed by atoms with van der Waals surface area (Å²) in [6.45, 7) is 6.79. The number of phenolic OH excluding ortho intramolecular Hbond substituents is 1. The van der Waals surface area contributed by atoms with Crippen LogP contribution in [-0.4, -0.2) is 138 Å². The Labute approximate surface area is 358 Å². The maximum atomic E-state index is 13.5. The van der Waals surface area contributed by atoms with Gasteiger partial charge in [0.1, 0.15) is 30.0 Å². The van der Waals surface area contributed by atoms with Crippen LogP contribution in [0.15, 0.2) is 84.3 Å². The van der Waals surface area contributed by atoms with E-state index in [1.807, 2.05) is 34.1 Å². The zero-order valence-electron chi connectivity index (χ0n) is 34.3. The number of hydrogen-bond acceptors (Lipinski definition) is 14. The first-order chi connectivity index (χ1) is 30.1. The molecule has 5 saturated heterocycles. The molecule has 3 atom stereocenters. The monoisotopic (exact) mass is 842 g/mol. The molecule has 7 heterocycles. The molecule has 6 N–H and O–H groups in total. The molecule has 10 rings (SSSR count). The van der Waals surface area contributed by atoms with Gasteiger partial charge in [0, 0.05) is 100 Å². The van der Waals surface area contributed by atoms with Gasteiger partial charge in [0.2, 0.25) is 17.7 Å². The molecule has 17 nitrogen and oxygen atoms in total. The lowest BCUT2D eigenvalue weighted by Gasteiger charge is -2.44. The van der Waals surface area contributed by atoms with Gasteiger partial charge in [0.15, 0.2) is 0 Å². The van der Waals surface area contributed by atoms with Crippen LogP contribution in [0, 0.1) is 5.92 Å². The molecule has 7 aliphatic rings. The third kappa shape index (κ3) is 7.18. The predicted octanol–water partition coefficient (Wildman–Crippen LogP) is 1.38. The molecule has 62 heavy (non-hydrogen) atoms. The number of anilines is 2. The lowest BCUT2D eigenvalue weighted by Crippen LogP contribution is -2.58. The minimum absolute atomic E-state index is 0.0657. The average molecular weight is 843 g/mol. The third-order valence-electron chi connectivity index (χ3n) is 13.4. The van der Waals surface area contributed by atoms with Gasteiger partial charge in [-0.15, -0.1) is 0 Å². The predicted molar refractivity (Wildman–Crippen MR) is 228 cm³/mol. The van der Waals surface area contributed by atoms with Crippen molar-refractivity contribution in [1.29, 1.82) is 0 Å². The van der Waals surface area contributed by atoms with E-state index in [1.165, 1.54) is 0 Å². The quantitative estimate of drug-likeness (QED) is 0.184. The second kappa shape index (κ2) is 15.9. The van der Waals surface area contributed by atoms with Crippen molar-refractivity contribution in [3.8, 4) is 11.5 Å². The van der Waals surface area contributed by atoms with Crippen molar-refractivity contribution < 1.29 is 33.8 Å². The van der Waals surface area contributed by atoms with E-state index < -0.39 is 29.7 Å². The van der Waals surface area contributed by atoms with Gasteiger partial charge in [0.25, 0.3) is 11.8 Å². The number of likely N-dealkylation sites (tertiary alicyclic amines) is 1. The number of aromatic hydroxyl groups is 1. The summed E-state index contributed by atoms with van der Waals surface area (Å²) >= 11 is 0. The van der Waals surface area contributed by atoms with Crippen molar-refractivity contribution in [3.05, 3.63) is 101 Å². The van der Waals surface area contributed by atoms with Gasteiger partial charge in [-0.1, -0.05) is 18.2 Å². The van der Waals surface area contributed by atoms with Gasteiger partial charge >= 0.3 is 0 Å². The number of ether oxygens (including phenoxy) is 1. The van der Waals surface area contributed by atoms with Crippen LogP contribution >= 0.6 is 0 Å². The molecule has 322 valence electrons. The molecule has 2 bridgehead atoms. The molecular formula is C45H50N10O7. The van der Waals surface area contributed by atoms with Crippen LogP contribution < -0.4 is 36.4 Å². The van der Waals surface area contributed by atoms with E-state index in [1.54, 1.807) is 30.3 Å². The molecule has 5 fully saturated rings. The van der Waals surface area contributed by atoms with Crippen molar-refractivity contribution in [2.24, 2.45) is 11.7 Å². The number of piperazine rings is 2. The minimum atomic E-state index is -1.01. The fraction of sp³-hybridized carbons (Fsp3) is 0.400. The Hall–Kier alpha value is -6.75. The maximum absolute atomic E-state index is 13.5. The lowest BCUT2D eigenvalue weighted by atomic mass is 9.96. The number of nitrogens with two attached hydrogens (primary N) is 1. The van der Waals surface area contributed by atoms with Gasteiger partial charge in [-0.25, -0.2) is 0 Å². The Bertz CT molecular complexity index is 2390. The molecule has 3 unspecified atom stereocenters. The topological polar surface area (TPSA) is 196 Å². The van der Waals surface area contributed by atoms with Crippen LogP contribution in [0.25, 0.3) is 5.70 Å². The number of nitrogens with zero attached hydrogens (tertiary/aromatic N) is 6. The molecule has 0 spiro atoms. The number of imide groups is 2. The lowest BCUT2D eigenvalue weighted by molar-refractivity contribution is -0.138. The molecule has 0 saturated carbocycles. The van der Waals surface area contributed by atoms with Crippen LogP contribution in [0.3, 0.4) is 0 Å². The zero-order valence-corrected chi connectivity index (χ0v) is 34.3. The number of rotatable bonds is 10. The third-order valence-corrected chi connectivity index (χ3v) is 13.4. The highest BCUT2D eigenvalue weighted by Gasteiger charge is 2.46. The summed E-state index contributed by atoms with van der Waals surface area (Å²) in [6.07, 6.45) is 4.36. The van der Waals surface area contributed by atoms with E-state index in [4.69, 9.17) is 10.5 Å². The van der Waals surface area contributed by atoms with Crippen LogP contribution in [0.4, 0.5) is 11.4 Å². The first-order valence-electron chi connectivity index (χ1n) is 21.5. The maximum Gasteiger partial charge on any atom is 0.262 e. The number of benzene rings is 3. The molecule has 3 aromatic rings. The zero-order chi connectivity index (χ0) is 42.6. The van der Waals surface area contributed by atoms with E-state index in [2.05, 4.69) is 49.1 Å². The standard InChI is InChI=1S/C45H50N10O7/c46-41-38(22-36(48-49-41)34-6-1-2-7-39(34)56)53-25-30-8-9-31(26-53)54(30)29-4-3-5-32(20-29)62-19-18-50-14-16-51(17-15-50)43(59)27-23-52(24-27)28-10-11-33-35(21-28)45(61)55(44(33)60)37-12-13-40(57)47-42(37)58/h1-7,10-11,20-22,27,30-31,37,48-49,56H,8-9,12-19,23-26,46H2,(H,47,57,58). The summed E-state index contributed by atoms with van der Waals surface area (Å²) in [5.74, 6) is -0.560. The van der Waals surface area contributed by atoms with Crippen LogP contribution in [0.2, 0.25) is 0 Å². The van der Waals surface area contributed by atoms with Crippen LogP contribution in [0.1, 0.15) is 52.0 Å². The number of hydrazine groups is 1. The number of para-hydroxylation sites is 1. The molecule has 0 aliphatic carbocycles. The molecule has 7 aliphatic heterocycles. The molecule has 17 heteroatoms. The fourth-order valence-electron chi connectivity index (χ4n) is 10.1. The van der Waals surface area contributed by atoms with E-state index in [0.29, 0.717) is 56.3 Å². The highest BCUT2D eigenvalue weighted by molar-refractivity contribution is 6.23. The SMILES string of the molecule is NC1=C(N2CC3CCC(C2)N3c2cccc(OCCN3CCN(C(=O)C4CN(c5ccc6c(c5)C(=O)N(C5CCC(=O)NC5=O)C6=O)C4)CC3)c2)C=C(c2ccccc2O)NN1. The number of hydrogen-bond donors (Lipinski definition) is 5. The number of phenols is 1. The van der Waals surface area contributed by atoms with Gasteiger partial charge < -0.3 is 35.2 Å². The fourth-order valence-corrected chi connectivity index (χ4v) is 10.1. The van der Waals surface area contributed by atoms with E-state index in [-0.39, 0.29) is 41.5 Å². The first-order valence-corrected chi connectivity index (χ1v) is 21.5. The summed E-state index contributed by atoms with van der Waals surface area (Å²) in [5.41, 5.74) is 17.4. The van der Waals surface area contributed by atoms with Gasteiger partial charge in [0.05, 0.1) is 28.4 Å². The number of carbonyl (C=O) groups is 5. The minimum Gasteiger partial charge on any atom is -0.507 e. The molecule has 3 aromatic carbocycles. The number of amides is 5. The van der Waals surface area contributed by atoms with E-state index in [9.17, 15) is 29.1 Å². The number of fused-ring (bicyclic) bond motifs is 3. The second-order valence-corrected chi connectivity index (χ2v) is 17.1. The van der Waals surface area contributed by atoms with Crippen molar-refractivity contribution in [1.82, 2.24) is 35.8 Å². The molecular weight excluding hydrogens is 793 g/mol. The molecule has 0 aromatic heterocycles. The summed E-state index contributed by atoms with van der Waals surface area (Å²) in [4.78, 5) is 76.1. The number of allylic oxidation sites excluding steroid dienone is 1. The first kappa shape index (κ1) is 39.4. The van der Waals surface area contributed by atoms with E-state index >= 15 is 0 Å². The largest absolute Gasteiger partial charge is 0.507 e. The Kier molecular flexibility index (Phi) is 10.1. The summed E-state index contributed by atoms with van der Waals surface area (Å²) in [7, 11) is 0. The highest BCUT2D eigenvalue weighted by atomic mass is 16.5. The number of carbonyl (C=O) groups excluding carboxylic acids is 5. The highest BCUT2D eigenvalue weighted by Crippen LogP contribution is 2.39. The van der Waals surface area contributed by atoms with Crippen molar-refractivity contribution in [2.75, 3.05) is 75.3 Å². The van der Waals surface area contributed by atoms with Crippen molar-refractivity contribution >= 4 is 46.6 Å². The Morgan fingerprint density at radius 1 is 0.774 bits per heavy atom. The molecule has 5 amide bonds. The summed E-state index contributed by atoms with van der Waals surface area (Å²) in [6, 6.07) is 20.3. The Morgan fingerprint density at radius 3 is 2.29 bits per heavy atom. The normalized spacial score (nSPS) is 24.1. The van der Waals surface area contributed by atoms with Gasteiger partial charge in [-0.3, -0.25) is 49.9 Å². The van der Waals surface area contributed by atoms with Crippen LogP contribution in [0.5, 0.6) is 11.5 Å². The number of piperidine rings is 1. The van der Waals surface area contributed by atoms with Gasteiger partial charge in [-0.05, 0) is 67.8 Å². The van der Waals surface area contributed by atoms with Crippen LogP contribution in [-0.2, 0) is 14.4 Å². The van der Waals surface area contributed by atoms with Gasteiger partial charge in [-0.2, -0.15) is 0 Å². The van der Waals surface area contributed by atoms with Crippen molar-refractivity contribution in [3.63, 3.8) is 0 Å². The Morgan fingerprint density at radius 2 is 1.53 bits per heavy atom. The summed E-state index contributed by atoms with van der Waals surface area (Å²) < 4.78 is 6.30. The average Bonchev–Trinajstić information content (AvgIpc) is 3.67.